The number of nitrogens with zero attached hydrogens (tertiary/aromatic N) is 2. The van der Waals surface area contributed by atoms with Gasteiger partial charge < -0.3 is 10.2 Å². The van der Waals surface area contributed by atoms with Crippen LogP contribution in [0.15, 0.2) is 48.7 Å². The van der Waals surface area contributed by atoms with Gasteiger partial charge in [0.1, 0.15) is 15.7 Å². The molecule has 1 N–H and O–H groups in total. The molecule has 2 amide bonds. The highest BCUT2D eigenvalue weighted by atomic mass is 35.5. The topological polar surface area (TPSA) is 62.3 Å². The van der Waals surface area contributed by atoms with E-state index in [1.165, 1.54) is 17.4 Å². The number of hydrogen-bond donors (Lipinski definition) is 1. The molecule has 166 valence electrons. The van der Waals surface area contributed by atoms with E-state index in [0.717, 1.165) is 11.1 Å². The number of thiazole rings is 1. The predicted molar refractivity (Wildman–Crippen MR) is 124 cm³/mol. The summed E-state index contributed by atoms with van der Waals surface area (Å²) in [6, 6.07) is 12.4. The van der Waals surface area contributed by atoms with Crippen LogP contribution >= 0.6 is 22.9 Å². The number of carbonyl (C=O) groups is 2. The van der Waals surface area contributed by atoms with E-state index < -0.39 is 0 Å². The minimum atomic E-state index is -0.274. The number of rotatable bonds is 5. The molecule has 4 rings (SSSR count). The average molecular weight is 472 g/mol. The van der Waals surface area contributed by atoms with Gasteiger partial charge in [0.05, 0.1) is 11.2 Å². The number of hydrogen-bond acceptors (Lipinski definition) is 4. The molecule has 3 aromatic rings. The van der Waals surface area contributed by atoms with Crippen LogP contribution in [-0.4, -0.2) is 34.8 Å². The van der Waals surface area contributed by atoms with Crippen LogP contribution in [0, 0.1) is 18.7 Å². The van der Waals surface area contributed by atoms with E-state index in [1.807, 2.05) is 24.3 Å². The number of amides is 2. The second-order valence-electron chi connectivity index (χ2n) is 7.88. The lowest BCUT2D eigenvalue weighted by Gasteiger charge is -2.31. The van der Waals surface area contributed by atoms with Gasteiger partial charge in [-0.1, -0.05) is 41.9 Å². The van der Waals surface area contributed by atoms with Crippen molar-refractivity contribution in [3.05, 3.63) is 75.5 Å². The van der Waals surface area contributed by atoms with Crippen molar-refractivity contribution in [1.82, 2.24) is 15.2 Å². The zero-order chi connectivity index (χ0) is 22.7. The van der Waals surface area contributed by atoms with Crippen LogP contribution < -0.4 is 5.32 Å². The lowest BCUT2D eigenvalue weighted by Crippen LogP contribution is -2.42. The SMILES string of the molecule is Cc1ccc(CNC(=O)C2CCN(C(=O)c3cnc(-c4ccccc4Cl)s3)CC2)cc1F. The van der Waals surface area contributed by atoms with Gasteiger partial charge in [-0.3, -0.25) is 9.59 Å². The molecule has 32 heavy (non-hydrogen) atoms. The van der Waals surface area contributed by atoms with Gasteiger partial charge >= 0.3 is 0 Å². The number of halogens is 2. The van der Waals surface area contributed by atoms with Gasteiger partial charge in [-0.2, -0.15) is 0 Å². The molecule has 0 aliphatic carbocycles. The Balaban J connectivity index is 1.30. The monoisotopic (exact) mass is 471 g/mol. The standard InChI is InChI=1S/C24H23ClFN3O2S/c1-15-6-7-16(12-20(15)26)13-27-22(30)17-8-10-29(11-9-17)24(31)21-14-28-23(32-21)18-4-2-3-5-19(18)25/h2-7,12,14,17H,8-11,13H2,1H3,(H,27,30). The van der Waals surface area contributed by atoms with Gasteiger partial charge in [0.2, 0.25) is 5.91 Å². The minimum absolute atomic E-state index is 0.0584. The van der Waals surface area contributed by atoms with Crippen molar-refractivity contribution in [2.75, 3.05) is 13.1 Å². The zero-order valence-corrected chi connectivity index (χ0v) is 19.2. The molecular weight excluding hydrogens is 449 g/mol. The van der Waals surface area contributed by atoms with Crippen molar-refractivity contribution < 1.29 is 14.0 Å². The highest BCUT2D eigenvalue weighted by molar-refractivity contribution is 7.17. The summed E-state index contributed by atoms with van der Waals surface area (Å²) in [7, 11) is 0. The molecule has 1 aliphatic heterocycles. The van der Waals surface area contributed by atoms with Crippen molar-refractivity contribution in [1.29, 1.82) is 0 Å². The second-order valence-corrected chi connectivity index (χ2v) is 9.32. The van der Waals surface area contributed by atoms with E-state index in [1.54, 1.807) is 30.2 Å². The Morgan fingerprint density at radius 1 is 1.22 bits per heavy atom. The highest BCUT2D eigenvalue weighted by Crippen LogP contribution is 2.32. The van der Waals surface area contributed by atoms with Crippen molar-refractivity contribution in [2.45, 2.75) is 26.3 Å². The van der Waals surface area contributed by atoms with Crippen molar-refractivity contribution in [3.63, 3.8) is 0 Å². The maximum Gasteiger partial charge on any atom is 0.265 e. The Morgan fingerprint density at radius 2 is 1.97 bits per heavy atom. The zero-order valence-electron chi connectivity index (χ0n) is 17.6. The van der Waals surface area contributed by atoms with Crippen LogP contribution in [-0.2, 0) is 11.3 Å². The fraction of sp³-hybridized carbons (Fsp3) is 0.292. The molecule has 0 atom stereocenters. The molecular formula is C24H23ClFN3O2S. The van der Waals surface area contributed by atoms with Crippen LogP contribution in [0.1, 0.15) is 33.6 Å². The average Bonchev–Trinajstić information content (AvgIpc) is 3.29. The summed E-state index contributed by atoms with van der Waals surface area (Å²) in [6.07, 6.45) is 2.77. The first kappa shape index (κ1) is 22.4. The minimum Gasteiger partial charge on any atom is -0.352 e. The summed E-state index contributed by atoms with van der Waals surface area (Å²) in [6.45, 7) is 3.02. The third-order valence-electron chi connectivity index (χ3n) is 5.68. The number of piperidine rings is 1. The summed E-state index contributed by atoms with van der Waals surface area (Å²) >= 11 is 7.56. The number of nitrogens with one attached hydrogen (secondary N) is 1. The largest absolute Gasteiger partial charge is 0.352 e. The Kier molecular flexibility index (Phi) is 6.86. The smallest absolute Gasteiger partial charge is 0.265 e. The molecule has 1 aromatic heterocycles. The van der Waals surface area contributed by atoms with E-state index >= 15 is 0 Å². The Labute approximate surface area is 195 Å². The van der Waals surface area contributed by atoms with E-state index in [-0.39, 0.29) is 23.5 Å². The third-order valence-corrected chi connectivity index (χ3v) is 7.02. The summed E-state index contributed by atoms with van der Waals surface area (Å²) in [5, 5.41) is 4.20. The molecule has 0 unspecified atom stereocenters. The molecule has 0 bridgehead atoms. The number of aromatic nitrogens is 1. The first-order valence-electron chi connectivity index (χ1n) is 10.4. The number of aryl methyl sites for hydroxylation is 1. The fourth-order valence-corrected chi connectivity index (χ4v) is 4.92. The summed E-state index contributed by atoms with van der Waals surface area (Å²) in [5.41, 5.74) is 2.12. The van der Waals surface area contributed by atoms with Crippen LogP contribution in [0.2, 0.25) is 5.02 Å². The van der Waals surface area contributed by atoms with Gasteiger partial charge in [0, 0.05) is 31.1 Å². The number of likely N-dealkylation sites (tertiary alicyclic amines) is 1. The van der Waals surface area contributed by atoms with Gasteiger partial charge in [-0.15, -0.1) is 11.3 Å². The molecule has 2 heterocycles. The quantitative estimate of drug-likeness (QED) is 0.564. The summed E-state index contributed by atoms with van der Waals surface area (Å²) in [5.74, 6) is -0.564. The van der Waals surface area contributed by atoms with E-state index in [2.05, 4.69) is 10.3 Å². The lowest BCUT2D eigenvalue weighted by atomic mass is 9.95. The normalized spacial score (nSPS) is 14.4. The fourth-order valence-electron chi connectivity index (χ4n) is 3.71. The molecule has 1 fully saturated rings. The molecule has 5 nitrogen and oxygen atoms in total. The van der Waals surface area contributed by atoms with Crippen LogP contribution in [0.3, 0.4) is 0 Å². The van der Waals surface area contributed by atoms with E-state index in [9.17, 15) is 14.0 Å². The van der Waals surface area contributed by atoms with Gasteiger partial charge in [-0.05, 0) is 43.0 Å². The van der Waals surface area contributed by atoms with Crippen LogP contribution in [0.5, 0.6) is 0 Å². The van der Waals surface area contributed by atoms with Crippen molar-refractivity contribution in [2.24, 2.45) is 5.92 Å². The molecule has 1 saturated heterocycles. The van der Waals surface area contributed by atoms with Crippen LogP contribution in [0.4, 0.5) is 4.39 Å². The molecule has 0 radical (unpaired) electrons. The van der Waals surface area contributed by atoms with Crippen LogP contribution in [0.25, 0.3) is 10.6 Å². The van der Waals surface area contributed by atoms with Gasteiger partial charge in [0.25, 0.3) is 5.91 Å². The maximum atomic E-state index is 13.7. The highest BCUT2D eigenvalue weighted by Gasteiger charge is 2.28. The van der Waals surface area contributed by atoms with Crippen molar-refractivity contribution >= 4 is 34.8 Å². The second kappa shape index (κ2) is 9.79. The first-order valence-corrected chi connectivity index (χ1v) is 11.6. The lowest BCUT2D eigenvalue weighted by molar-refractivity contribution is -0.126. The Hall–Kier alpha value is -2.77. The maximum absolute atomic E-state index is 13.7. The van der Waals surface area contributed by atoms with Crippen molar-refractivity contribution in [3.8, 4) is 10.6 Å². The molecule has 2 aromatic carbocycles. The summed E-state index contributed by atoms with van der Waals surface area (Å²) in [4.78, 5) is 32.1. The first-order chi connectivity index (χ1) is 15.4. The molecule has 0 saturated carbocycles. The molecule has 0 spiro atoms. The molecule has 8 heteroatoms. The van der Waals surface area contributed by atoms with E-state index in [0.29, 0.717) is 52.9 Å². The Morgan fingerprint density at radius 3 is 2.69 bits per heavy atom. The summed E-state index contributed by atoms with van der Waals surface area (Å²) < 4.78 is 13.7. The third kappa shape index (κ3) is 5.00. The predicted octanol–water partition coefficient (Wildman–Crippen LogP) is 5.08. The number of carbonyl (C=O) groups excluding carboxylic acids is 2. The number of benzene rings is 2. The molecule has 1 aliphatic rings. The Bertz CT molecular complexity index is 1140. The van der Waals surface area contributed by atoms with Gasteiger partial charge in [-0.25, -0.2) is 9.37 Å². The van der Waals surface area contributed by atoms with E-state index in [4.69, 9.17) is 11.6 Å². The van der Waals surface area contributed by atoms with Gasteiger partial charge in [0.15, 0.2) is 0 Å².